The van der Waals surface area contributed by atoms with E-state index in [9.17, 15) is 0 Å². The minimum atomic E-state index is -0.181. The van der Waals surface area contributed by atoms with E-state index in [2.05, 4.69) is 21.5 Å². The maximum absolute atomic E-state index is 6.40. The molecule has 1 aliphatic heterocycles. The average molecular weight is 378 g/mol. The van der Waals surface area contributed by atoms with Gasteiger partial charge in [-0.25, -0.2) is 4.68 Å². The summed E-state index contributed by atoms with van der Waals surface area (Å²) in [6, 6.07) is 12.9. The number of fused-ring (bicyclic) bond motifs is 1. The number of nitrogens with one attached hydrogen (secondary N) is 1. The summed E-state index contributed by atoms with van der Waals surface area (Å²) in [5.74, 6) is 0.651. The predicted octanol–water partition coefficient (Wildman–Crippen LogP) is 5.29. The molecule has 0 amide bonds. The van der Waals surface area contributed by atoms with E-state index in [-0.39, 0.29) is 6.04 Å². The topological polar surface area (TPSA) is 42.7 Å². The lowest BCUT2D eigenvalue weighted by Crippen LogP contribution is -2.20. The van der Waals surface area contributed by atoms with Gasteiger partial charge in [-0.1, -0.05) is 53.0 Å². The number of aromatic nitrogens is 3. The maximum atomic E-state index is 6.40. The van der Waals surface area contributed by atoms with Crippen LogP contribution in [0.3, 0.4) is 0 Å². The fraction of sp³-hybridized carbons (Fsp3) is 0.0588. The summed E-state index contributed by atoms with van der Waals surface area (Å²) >= 11 is 18.4. The van der Waals surface area contributed by atoms with Crippen molar-refractivity contribution < 1.29 is 0 Å². The molecule has 1 atom stereocenters. The second kappa shape index (κ2) is 6.13. The molecule has 24 heavy (non-hydrogen) atoms. The van der Waals surface area contributed by atoms with Crippen molar-refractivity contribution in [1.82, 2.24) is 14.8 Å². The highest BCUT2D eigenvalue weighted by molar-refractivity contribution is 6.35. The van der Waals surface area contributed by atoms with Gasteiger partial charge in [0.2, 0.25) is 5.95 Å². The van der Waals surface area contributed by atoms with Gasteiger partial charge in [-0.2, -0.15) is 10.1 Å². The number of hydrogen-bond acceptors (Lipinski definition) is 3. The third-order valence-corrected chi connectivity index (χ3v) is 4.66. The highest BCUT2D eigenvalue weighted by Crippen LogP contribution is 2.36. The summed E-state index contributed by atoms with van der Waals surface area (Å²) in [4.78, 5) is 4.28. The Hall–Kier alpha value is -2.01. The first kappa shape index (κ1) is 15.5. The first-order chi connectivity index (χ1) is 11.6. The highest BCUT2D eigenvalue weighted by Gasteiger charge is 2.25. The van der Waals surface area contributed by atoms with E-state index in [1.807, 2.05) is 36.4 Å². The van der Waals surface area contributed by atoms with Crippen LogP contribution in [-0.2, 0) is 0 Å². The minimum absolute atomic E-state index is 0.181. The first-order valence-corrected chi connectivity index (χ1v) is 8.34. The van der Waals surface area contributed by atoms with E-state index in [1.54, 1.807) is 10.7 Å². The third kappa shape index (κ3) is 2.77. The smallest absolute Gasteiger partial charge is 0.226 e. The van der Waals surface area contributed by atoms with Crippen LogP contribution in [-0.4, -0.2) is 14.8 Å². The van der Waals surface area contributed by atoms with Crippen LogP contribution in [0.5, 0.6) is 0 Å². The van der Waals surface area contributed by atoms with E-state index in [4.69, 9.17) is 34.8 Å². The lowest BCUT2D eigenvalue weighted by molar-refractivity contribution is 0.612. The van der Waals surface area contributed by atoms with Crippen LogP contribution in [0.25, 0.3) is 5.70 Å². The van der Waals surface area contributed by atoms with Crippen LogP contribution in [0.1, 0.15) is 17.2 Å². The Kier molecular flexibility index (Phi) is 3.96. The lowest BCUT2D eigenvalue weighted by Gasteiger charge is -2.25. The zero-order valence-corrected chi connectivity index (χ0v) is 14.5. The Balaban J connectivity index is 1.83. The molecule has 0 saturated heterocycles. The lowest BCUT2D eigenvalue weighted by atomic mass is 10.0. The van der Waals surface area contributed by atoms with E-state index in [0.29, 0.717) is 21.0 Å². The highest BCUT2D eigenvalue weighted by atomic mass is 35.5. The quantitative estimate of drug-likeness (QED) is 0.659. The Morgan fingerprint density at radius 2 is 1.71 bits per heavy atom. The maximum Gasteiger partial charge on any atom is 0.226 e. The average Bonchev–Trinajstić information content (AvgIpc) is 3.03. The van der Waals surface area contributed by atoms with Crippen LogP contribution in [0.15, 0.2) is 54.9 Å². The van der Waals surface area contributed by atoms with Crippen molar-refractivity contribution in [2.24, 2.45) is 0 Å². The van der Waals surface area contributed by atoms with E-state index in [1.165, 1.54) is 6.33 Å². The number of anilines is 1. The Bertz CT molecular complexity index is 931. The molecule has 0 saturated carbocycles. The van der Waals surface area contributed by atoms with Gasteiger partial charge < -0.3 is 5.32 Å². The second-order valence-corrected chi connectivity index (χ2v) is 6.63. The normalized spacial score (nSPS) is 16.3. The molecule has 1 aromatic heterocycles. The Morgan fingerprint density at radius 3 is 2.46 bits per heavy atom. The molecule has 0 bridgehead atoms. The summed E-state index contributed by atoms with van der Waals surface area (Å²) in [7, 11) is 0. The number of nitrogens with zero attached hydrogens (tertiary/aromatic N) is 3. The van der Waals surface area contributed by atoms with Gasteiger partial charge in [0.15, 0.2) is 0 Å². The molecule has 0 radical (unpaired) electrons. The Labute approximate surface area is 153 Å². The molecule has 0 aliphatic carbocycles. The minimum Gasteiger partial charge on any atom is -0.324 e. The summed E-state index contributed by atoms with van der Waals surface area (Å²) in [5.41, 5.74) is 2.83. The molecule has 1 N–H and O–H groups in total. The number of benzene rings is 2. The van der Waals surface area contributed by atoms with Crippen molar-refractivity contribution in [3.63, 3.8) is 0 Å². The van der Waals surface area contributed by atoms with Crippen molar-refractivity contribution in [2.45, 2.75) is 6.04 Å². The van der Waals surface area contributed by atoms with E-state index >= 15 is 0 Å². The molecule has 2 aromatic carbocycles. The van der Waals surface area contributed by atoms with Crippen LogP contribution in [0, 0.1) is 0 Å². The molecule has 0 fully saturated rings. The predicted molar refractivity (Wildman–Crippen MR) is 97.7 cm³/mol. The van der Waals surface area contributed by atoms with Crippen LogP contribution in [0.2, 0.25) is 15.1 Å². The number of rotatable bonds is 2. The van der Waals surface area contributed by atoms with Crippen molar-refractivity contribution >= 4 is 46.4 Å². The fourth-order valence-corrected chi connectivity index (χ4v) is 3.34. The van der Waals surface area contributed by atoms with Crippen molar-refractivity contribution in [2.75, 3.05) is 5.32 Å². The molecule has 3 aromatic rings. The van der Waals surface area contributed by atoms with Crippen LogP contribution in [0.4, 0.5) is 5.95 Å². The molecule has 1 aliphatic rings. The molecule has 0 spiro atoms. The SMILES string of the molecule is Clc1ccc(C2=C[C@@H](c3ccc(Cl)cc3Cl)n3ncnc3N2)cc1. The summed E-state index contributed by atoms with van der Waals surface area (Å²) < 4.78 is 1.79. The largest absolute Gasteiger partial charge is 0.324 e. The van der Waals surface area contributed by atoms with Crippen molar-refractivity contribution in [1.29, 1.82) is 0 Å². The first-order valence-electron chi connectivity index (χ1n) is 7.21. The second-order valence-electron chi connectivity index (χ2n) is 5.35. The van der Waals surface area contributed by atoms with Gasteiger partial charge in [0.1, 0.15) is 12.4 Å². The standard InChI is InChI=1S/C17H11Cl3N4/c18-11-3-1-10(2-4-11)15-8-16(24-17(23-15)21-9-22-24)13-6-5-12(19)7-14(13)20/h1-9,16H,(H,21,22,23)/t16-/m0/s1. The number of halogens is 3. The van der Waals surface area contributed by atoms with Gasteiger partial charge in [-0.3, -0.25) is 0 Å². The van der Waals surface area contributed by atoms with Gasteiger partial charge in [-0.05, 0) is 41.5 Å². The summed E-state index contributed by atoms with van der Waals surface area (Å²) in [6.07, 6.45) is 3.57. The van der Waals surface area contributed by atoms with Crippen LogP contribution >= 0.6 is 34.8 Å². The molecular formula is C17H11Cl3N4. The van der Waals surface area contributed by atoms with Crippen LogP contribution < -0.4 is 5.32 Å². The van der Waals surface area contributed by atoms with E-state index in [0.717, 1.165) is 16.8 Å². The Morgan fingerprint density at radius 1 is 0.958 bits per heavy atom. The fourth-order valence-electron chi connectivity index (χ4n) is 2.69. The van der Waals surface area contributed by atoms with Gasteiger partial charge in [0.25, 0.3) is 0 Å². The molecule has 2 heterocycles. The summed E-state index contributed by atoms with van der Waals surface area (Å²) in [5, 5.41) is 9.46. The molecule has 120 valence electrons. The van der Waals surface area contributed by atoms with Crippen molar-refractivity contribution in [3.05, 3.63) is 81.1 Å². The zero-order valence-electron chi connectivity index (χ0n) is 12.2. The van der Waals surface area contributed by atoms with Gasteiger partial charge in [0, 0.05) is 20.8 Å². The number of allylic oxidation sites excluding steroid dienone is 1. The van der Waals surface area contributed by atoms with Crippen molar-refractivity contribution in [3.8, 4) is 0 Å². The summed E-state index contributed by atoms with van der Waals surface area (Å²) in [6.45, 7) is 0. The van der Waals surface area contributed by atoms with Gasteiger partial charge in [0.05, 0.1) is 0 Å². The molecule has 4 nitrogen and oxygen atoms in total. The monoisotopic (exact) mass is 376 g/mol. The zero-order chi connectivity index (χ0) is 16.7. The molecular weight excluding hydrogens is 367 g/mol. The molecule has 0 unspecified atom stereocenters. The molecule has 7 heteroatoms. The number of hydrogen-bond donors (Lipinski definition) is 1. The van der Waals surface area contributed by atoms with Gasteiger partial charge in [-0.15, -0.1) is 0 Å². The molecule has 4 rings (SSSR count). The third-order valence-electron chi connectivity index (χ3n) is 3.84. The van der Waals surface area contributed by atoms with Gasteiger partial charge >= 0.3 is 0 Å². The van der Waals surface area contributed by atoms with E-state index < -0.39 is 0 Å².